The van der Waals surface area contributed by atoms with Crippen molar-refractivity contribution in [3.05, 3.63) is 12.0 Å². The predicted octanol–water partition coefficient (Wildman–Crippen LogP) is 1.70. The maximum Gasteiger partial charge on any atom is 0.147 e. The number of thioether (sulfide) groups is 1. The van der Waals surface area contributed by atoms with Crippen LogP contribution in [-0.2, 0) is 0 Å². The number of nitrogens with zero attached hydrogens (tertiary/aromatic N) is 1. The van der Waals surface area contributed by atoms with E-state index in [0.29, 0.717) is 0 Å². The van der Waals surface area contributed by atoms with E-state index >= 15 is 0 Å². The van der Waals surface area contributed by atoms with Crippen molar-refractivity contribution in [2.45, 2.75) is 11.8 Å². The molecule has 0 amide bonds. The molecule has 0 N–H and O–H groups in total. The van der Waals surface area contributed by atoms with Crippen LogP contribution in [0.2, 0.25) is 0 Å². The Labute approximate surface area is 52.2 Å². The fraction of sp³-hybridized carbons (Fsp3) is 0.400. The van der Waals surface area contributed by atoms with Crippen LogP contribution in [0.5, 0.6) is 0 Å². The lowest BCUT2D eigenvalue weighted by molar-refractivity contribution is 0.394. The van der Waals surface area contributed by atoms with Gasteiger partial charge in [-0.15, -0.1) is 11.8 Å². The molecule has 8 heavy (non-hydrogen) atoms. The lowest BCUT2D eigenvalue weighted by Gasteiger charge is -1.83. The fourth-order valence-corrected chi connectivity index (χ4v) is 0.959. The first-order valence-corrected chi connectivity index (χ1v) is 3.52. The Morgan fingerprint density at radius 1 is 1.75 bits per heavy atom. The third kappa shape index (κ3) is 0.865. The van der Waals surface area contributed by atoms with Crippen molar-refractivity contribution in [3.63, 3.8) is 0 Å². The van der Waals surface area contributed by atoms with E-state index in [0.717, 1.165) is 10.7 Å². The molecule has 0 aromatic carbocycles. The minimum absolute atomic E-state index is 0.900. The third-order valence-electron chi connectivity index (χ3n) is 0.926. The summed E-state index contributed by atoms with van der Waals surface area (Å²) in [5, 5.41) is 3.60. The third-order valence-corrected chi connectivity index (χ3v) is 1.76. The first kappa shape index (κ1) is 5.69. The van der Waals surface area contributed by atoms with Gasteiger partial charge in [-0.25, -0.2) is 0 Å². The van der Waals surface area contributed by atoms with Gasteiger partial charge in [-0.05, 0) is 13.2 Å². The van der Waals surface area contributed by atoms with Crippen molar-refractivity contribution < 1.29 is 4.52 Å². The first-order valence-electron chi connectivity index (χ1n) is 2.30. The molecule has 0 aliphatic heterocycles. The summed E-state index contributed by atoms with van der Waals surface area (Å²) in [4.78, 5) is 1.12. The molecule has 0 fully saturated rings. The largest absolute Gasteiger partial charge is 0.361 e. The summed E-state index contributed by atoms with van der Waals surface area (Å²) in [5.74, 6) is 0.900. The monoisotopic (exact) mass is 129 g/mol. The average Bonchev–Trinajstić information content (AvgIpc) is 2.14. The molecule has 0 aliphatic rings. The van der Waals surface area contributed by atoms with E-state index in [2.05, 4.69) is 5.16 Å². The fourth-order valence-electron chi connectivity index (χ4n) is 0.486. The maximum absolute atomic E-state index is 4.78. The lowest BCUT2D eigenvalue weighted by Crippen LogP contribution is -1.63. The molecule has 0 unspecified atom stereocenters. The zero-order chi connectivity index (χ0) is 5.98. The smallest absolute Gasteiger partial charge is 0.147 e. The van der Waals surface area contributed by atoms with E-state index in [1.165, 1.54) is 0 Å². The predicted molar refractivity (Wildman–Crippen MR) is 33.0 cm³/mol. The van der Waals surface area contributed by atoms with E-state index in [1.807, 2.05) is 13.2 Å². The molecule has 0 aliphatic carbocycles. The molecule has 0 saturated heterocycles. The van der Waals surface area contributed by atoms with Crippen LogP contribution in [0.25, 0.3) is 0 Å². The molecule has 2 nitrogen and oxygen atoms in total. The maximum atomic E-state index is 4.78. The zero-order valence-corrected chi connectivity index (χ0v) is 5.66. The standard InChI is InChI=1S/C5H7NOS/c1-4-5(8-2)3-6-7-4/h3H,1-2H3. The van der Waals surface area contributed by atoms with Gasteiger partial charge in [0.25, 0.3) is 0 Å². The van der Waals surface area contributed by atoms with Gasteiger partial charge in [-0.3, -0.25) is 0 Å². The Morgan fingerprint density at radius 2 is 2.50 bits per heavy atom. The molecule has 1 aromatic heterocycles. The minimum Gasteiger partial charge on any atom is -0.361 e. The van der Waals surface area contributed by atoms with Crippen LogP contribution in [0.1, 0.15) is 5.76 Å². The molecule has 1 heterocycles. The molecule has 0 spiro atoms. The number of aromatic nitrogens is 1. The van der Waals surface area contributed by atoms with Gasteiger partial charge in [0.05, 0.1) is 11.1 Å². The molecule has 1 rings (SSSR count). The number of rotatable bonds is 1. The summed E-state index contributed by atoms with van der Waals surface area (Å²) in [6, 6.07) is 0. The van der Waals surface area contributed by atoms with Gasteiger partial charge < -0.3 is 4.52 Å². The van der Waals surface area contributed by atoms with Crippen LogP contribution >= 0.6 is 11.8 Å². The molecule has 1 aromatic rings. The van der Waals surface area contributed by atoms with Gasteiger partial charge in [-0.1, -0.05) is 5.16 Å². The molecule has 3 heteroatoms. The SMILES string of the molecule is CSc1cnoc1C. The second-order valence-corrected chi connectivity index (χ2v) is 2.30. The number of hydrogen-bond acceptors (Lipinski definition) is 3. The zero-order valence-electron chi connectivity index (χ0n) is 4.84. The van der Waals surface area contributed by atoms with Gasteiger partial charge in [0.15, 0.2) is 0 Å². The van der Waals surface area contributed by atoms with Gasteiger partial charge in [-0.2, -0.15) is 0 Å². The lowest BCUT2D eigenvalue weighted by atomic mass is 10.5. The molecule has 44 valence electrons. The van der Waals surface area contributed by atoms with Crippen molar-refractivity contribution in [2.75, 3.05) is 6.26 Å². The summed E-state index contributed by atoms with van der Waals surface area (Å²) in [6.07, 6.45) is 3.72. The quantitative estimate of drug-likeness (QED) is 0.540. The van der Waals surface area contributed by atoms with Gasteiger partial charge in [0.1, 0.15) is 5.76 Å². The molecule has 0 atom stereocenters. The summed E-state index contributed by atoms with van der Waals surface area (Å²) in [7, 11) is 0. The topological polar surface area (TPSA) is 26.0 Å². The Hall–Kier alpha value is -0.440. The summed E-state index contributed by atoms with van der Waals surface area (Å²) in [5.41, 5.74) is 0. The van der Waals surface area contributed by atoms with Gasteiger partial charge in [0.2, 0.25) is 0 Å². The van der Waals surface area contributed by atoms with Crippen LogP contribution < -0.4 is 0 Å². The highest BCUT2D eigenvalue weighted by atomic mass is 32.2. The molecule has 0 saturated carbocycles. The Kier molecular flexibility index (Phi) is 1.58. The van der Waals surface area contributed by atoms with Crippen molar-refractivity contribution in [1.82, 2.24) is 5.16 Å². The second kappa shape index (κ2) is 2.22. The normalized spacial score (nSPS) is 9.75. The first-order chi connectivity index (χ1) is 3.84. The minimum atomic E-state index is 0.900. The molecular weight excluding hydrogens is 122 g/mol. The van der Waals surface area contributed by atoms with Crippen LogP contribution in [0.3, 0.4) is 0 Å². The number of hydrogen-bond donors (Lipinski definition) is 0. The average molecular weight is 129 g/mol. The number of aryl methyl sites for hydroxylation is 1. The second-order valence-electron chi connectivity index (χ2n) is 1.45. The van der Waals surface area contributed by atoms with Gasteiger partial charge in [0, 0.05) is 0 Å². The Balaban J connectivity index is 2.92. The van der Waals surface area contributed by atoms with Crippen molar-refractivity contribution in [2.24, 2.45) is 0 Å². The van der Waals surface area contributed by atoms with Crippen LogP contribution in [0.15, 0.2) is 15.6 Å². The Morgan fingerprint density at radius 3 is 2.75 bits per heavy atom. The molecular formula is C5H7NOS. The van der Waals surface area contributed by atoms with E-state index in [1.54, 1.807) is 18.0 Å². The molecule has 0 bridgehead atoms. The van der Waals surface area contributed by atoms with E-state index in [9.17, 15) is 0 Å². The van der Waals surface area contributed by atoms with Crippen molar-refractivity contribution in [3.8, 4) is 0 Å². The highest BCUT2D eigenvalue weighted by Gasteiger charge is 1.97. The summed E-state index contributed by atoms with van der Waals surface area (Å²) in [6.45, 7) is 1.90. The highest BCUT2D eigenvalue weighted by Crippen LogP contribution is 2.17. The van der Waals surface area contributed by atoms with Crippen LogP contribution in [0.4, 0.5) is 0 Å². The van der Waals surface area contributed by atoms with Crippen molar-refractivity contribution >= 4 is 11.8 Å². The van der Waals surface area contributed by atoms with E-state index in [4.69, 9.17) is 4.52 Å². The summed E-state index contributed by atoms with van der Waals surface area (Å²) >= 11 is 1.65. The van der Waals surface area contributed by atoms with E-state index in [-0.39, 0.29) is 0 Å². The van der Waals surface area contributed by atoms with Gasteiger partial charge >= 0.3 is 0 Å². The Bertz CT molecular complexity index is 173. The van der Waals surface area contributed by atoms with Crippen LogP contribution in [-0.4, -0.2) is 11.4 Å². The van der Waals surface area contributed by atoms with Crippen molar-refractivity contribution in [1.29, 1.82) is 0 Å². The van der Waals surface area contributed by atoms with Crippen LogP contribution in [0, 0.1) is 6.92 Å². The molecule has 0 radical (unpaired) electrons. The highest BCUT2D eigenvalue weighted by molar-refractivity contribution is 7.98. The summed E-state index contributed by atoms with van der Waals surface area (Å²) < 4.78 is 4.78. The van der Waals surface area contributed by atoms with E-state index < -0.39 is 0 Å².